The third-order valence-electron chi connectivity index (χ3n) is 4.75. The molecule has 1 aromatic carbocycles. The molecule has 3 rings (SSSR count). The minimum absolute atomic E-state index is 0.262. The Morgan fingerprint density at radius 3 is 2.39 bits per heavy atom. The van der Waals surface area contributed by atoms with Gasteiger partial charge in [-0.1, -0.05) is 6.07 Å². The number of aryl methyl sites for hydroxylation is 1. The van der Waals surface area contributed by atoms with Gasteiger partial charge in [0.1, 0.15) is 11.4 Å². The van der Waals surface area contributed by atoms with Gasteiger partial charge in [0.25, 0.3) is 0 Å². The minimum atomic E-state index is -0.484. The van der Waals surface area contributed by atoms with Crippen molar-refractivity contribution in [1.29, 1.82) is 0 Å². The molecule has 1 amide bonds. The second kappa shape index (κ2) is 7.66. The molecule has 0 saturated carbocycles. The molecular weight excluding hydrogens is 356 g/mol. The van der Waals surface area contributed by atoms with Crippen LogP contribution in [0.2, 0.25) is 0 Å². The number of hydrogen-bond acceptors (Lipinski definition) is 6. The standard InChI is InChI=1S/C21H30N4O3/c1-15-9-10-18(27-15)23(5)16-7-6-8-17(19(16)22)24-11-13-25(14-12-24)20(26)28-21(2,3)4/h6-10H,11-14,22H2,1-5H3. The second-order valence-electron chi connectivity index (χ2n) is 8.11. The number of amides is 1. The van der Waals surface area contributed by atoms with Crippen LogP contribution in [0.25, 0.3) is 0 Å². The summed E-state index contributed by atoms with van der Waals surface area (Å²) in [7, 11) is 1.94. The van der Waals surface area contributed by atoms with Crippen LogP contribution in [0.15, 0.2) is 34.7 Å². The Morgan fingerprint density at radius 2 is 1.82 bits per heavy atom. The minimum Gasteiger partial charge on any atom is -0.446 e. The number of nitrogens with two attached hydrogens (primary N) is 1. The average molecular weight is 386 g/mol. The topological polar surface area (TPSA) is 75.2 Å². The van der Waals surface area contributed by atoms with E-state index in [0.29, 0.717) is 31.9 Å². The van der Waals surface area contributed by atoms with E-state index < -0.39 is 5.60 Å². The van der Waals surface area contributed by atoms with Gasteiger partial charge in [-0.2, -0.15) is 0 Å². The van der Waals surface area contributed by atoms with Crippen LogP contribution < -0.4 is 15.5 Å². The third-order valence-corrected chi connectivity index (χ3v) is 4.75. The van der Waals surface area contributed by atoms with Crippen LogP contribution in [-0.4, -0.2) is 49.8 Å². The maximum Gasteiger partial charge on any atom is 0.410 e. The summed E-state index contributed by atoms with van der Waals surface area (Å²) in [5, 5.41) is 0. The predicted octanol–water partition coefficient (Wildman–Crippen LogP) is 4.00. The first-order chi connectivity index (χ1) is 13.2. The number of carbonyl (C=O) groups excluding carboxylic acids is 1. The zero-order chi connectivity index (χ0) is 20.5. The van der Waals surface area contributed by atoms with Gasteiger partial charge < -0.3 is 29.6 Å². The van der Waals surface area contributed by atoms with Crippen LogP contribution >= 0.6 is 0 Å². The number of nitrogens with zero attached hydrogens (tertiary/aromatic N) is 3. The zero-order valence-corrected chi connectivity index (χ0v) is 17.4. The number of furan rings is 1. The first-order valence-corrected chi connectivity index (χ1v) is 9.57. The molecule has 2 N–H and O–H groups in total. The van der Waals surface area contributed by atoms with E-state index in [1.165, 1.54) is 0 Å². The Balaban J connectivity index is 1.71. The van der Waals surface area contributed by atoms with Gasteiger partial charge >= 0.3 is 6.09 Å². The quantitative estimate of drug-likeness (QED) is 0.804. The molecule has 2 aromatic rings. The van der Waals surface area contributed by atoms with Crippen LogP contribution in [0.1, 0.15) is 26.5 Å². The van der Waals surface area contributed by atoms with E-state index in [2.05, 4.69) is 4.90 Å². The highest BCUT2D eigenvalue weighted by Gasteiger charge is 2.27. The van der Waals surface area contributed by atoms with E-state index in [0.717, 1.165) is 23.0 Å². The van der Waals surface area contributed by atoms with Gasteiger partial charge in [-0.3, -0.25) is 0 Å². The molecule has 0 radical (unpaired) electrons. The van der Waals surface area contributed by atoms with Gasteiger partial charge in [0.05, 0.1) is 17.1 Å². The summed E-state index contributed by atoms with van der Waals surface area (Å²) in [4.78, 5) is 18.2. The molecule has 7 nitrogen and oxygen atoms in total. The molecule has 2 heterocycles. The molecule has 1 fully saturated rings. The maximum absolute atomic E-state index is 12.3. The lowest BCUT2D eigenvalue weighted by atomic mass is 10.1. The fraction of sp³-hybridized carbons (Fsp3) is 0.476. The van der Waals surface area contributed by atoms with E-state index in [1.807, 2.05) is 70.0 Å². The number of ether oxygens (including phenoxy) is 1. The van der Waals surface area contributed by atoms with Gasteiger partial charge in [0, 0.05) is 39.3 Å². The fourth-order valence-corrected chi connectivity index (χ4v) is 3.29. The Bertz CT molecular complexity index is 832. The third kappa shape index (κ3) is 4.35. The fourth-order valence-electron chi connectivity index (χ4n) is 3.29. The lowest BCUT2D eigenvalue weighted by Gasteiger charge is -2.37. The summed E-state index contributed by atoms with van der Waals surface area (Å²) >= 11 is 0. The number of hydrogen-bond donors (Lipinski definition) is 1. The van der Waals surface area contributed by atoms with Gasteiger partial charge in [-0.05, 0) is 45.9 Å². The number of anilines is 4. The van der Waals surface area contributed by atoms with E-state index >= 15 is 0 Å². The summed E-state index contributed by atoms with van der Waals surface area (Å²) < 4.78 is 11.2. The van der Waals surface area contributed by atoms with E-state index in [4.69, 9.17) is 14.9 Å². The van der Waals surface area contributed by atoms with Crippen LogP contribution in [-0.2, 0) is 4.74 Å². The molecule has 7 heteroatoms. The van der Waals surface area contributed by atoms with Crippen LogP contribution in [0, 0.1) is 6.92 Å². The largest absolute Gasteiger partial charge is 0.446 e. The molecule has 0 unspecified atom stereocenters. The lowest BCUT2D eigenvalue weighted by molar-refractivity contribution is 0.0240. The smallest absolute Gasteiger partial charge is 0.410 e. The number of carbonyl (C=O) groups is 1. The van der Waals surface area contributed by atoms with E-state index in [1.54, 1.807) is 4.90 Å². The number of rotatable bonds is 3. The Kier molecular flexibility index (Phi) is 5.45. The van der Waals surface area contributed by atoms with Gasteiger partial charge in [0.15, 0.2) is 5.88 Å². The number of para-hydroxylation sites is 1. The van der Waals surface area contributed by atoms with Crippen molar-refractivity contribution in [2.75, 3.05) is 48.8 Å². The molecule has 1 aromatic heterocycles. The highest BCUT2D eigenvalue weighted by atomic mass is 16.6. The number of piperazine rings is 1. The first kappa shape index (κ1) is 19.9. The summed E-state index contributed by atoms with van der Waals surface area (Å²) in [5.41, 5.74) is 8.58. The monoisotopic (exact) mass is 386 g/mol. The Labute approximate surface area is 166 Å². The Morgan fingerprint density at radius 1 is 1.14 bits per heavy atom. The van der Waals surface area contributed by atoms with Crippen molar-refractivity contribution in [2.24, 2.45) is 0 Å². The normalized spacial score (nSPS) is 14.9. The number of nitrogen functional groups attached to an aromatic ring is 1. The van der Waals surface area contributed by atoms with Gasteiger partial charge in [-0.15, -0.1) is 0 Å². The molecule has 0 spiro atoms. The summed E-state index contributed by atoms with van der Waals surface area (Å²) in [6.07, 6.45) is -0.262. The first-order valence-electron chi connectivity index (χ1n) is 9.57. The highest BCUT2D eigenvalue weighted by molar-refractivity contribution is 5.84. The average Bonchev–Trinajstić information content (AvgIpc) is 3.06. The van der Waals surface area contributed by atoms with Crippen molar-refractivity contribution in [3.05, 3.63) is 36.1 Å². The molecular formula is C21H30N4O3. The SMILES string of the molecule is Cc1ccc(N(C)c2cccc(N3CCN(C(=O)OC(C)(C)C)CC3)c2N)o1. The van der Waals surface area contributed by atoms with Crippen molar-refractivity contribution < 1.29 is 13.9 Å². The van der Waals surface area contributed by atoms with Crippen molar-refractivity contribution in [2.45, 2.75) is 33.3 Å². The summed E-state index contributed by atoms with van der Waals surface area (Å²) in [5.74, 6) is 1.60. The number of benzene rings is 1. The second-order valence-corrected chi connectivity index (χ2v) is 8.11. The Hall–Kier alpha value is -2.83. The molecule has 28 heavy (non-hydrogen) atoms. The maximum atomic E-state index is 12.3. The van der Waals surface area contributed by atoms with Gasteiger partial charge in [0.2, 0.25) is 0 Å². The molecule has 1 aliphatic rings. The molecule has 0 aliphatic carbocycles. The summed E-state index contributed by atoms with van der Waals surface area (Å²) in [6, 6.07) is 9.85. The van der Waals surface area contributed by atoms with Crippen molar-refractivity contribution in [1.82, 2.24) is 4.90 Å². The van der Waals surface area contributed by atoms with Crippen molar-refractivity contribution >= 4 is 29.0 Å². The lowest BCUT2D eigenvalue weighted by Crippen LogP contribution is -2.50. The van der Waals surface area contributed by atoms with Gasteiger partial charge in [-0.25, -0.2) is 4.79 Å². The predicted molar refractivity (Wildman–Crippen MR) is 112 cm³/mol. The highest BCUT2D eigenvalue weighted by Crippen LogP contribution is 2.36. The van der Waals surface area contributed by atoms with Crippen molar-refractivity contribution in [3.63, 3.8) is 0 Å². The molecule has 0 bridgehead atoms. The van der Waals surface area contributed by atoms with Crippen LogP contribution in [0.4, 0.5) is 27.7 Å². The van der Waals surface area contributed by atoms with E-state index in [-0.39, 0.29) is 6.09 Å². The molecule has 0 atom stereocenters. The van der Waals surface area contributed by atoms with Crippen molar-refractivity contribution in [3.8, 4) is 0 Å². The molecule has 1 saturated heterocycles. The molecule has 152 valence electrons. The van der Waals surface area contributed by atoms with E-state index in [9.17, 15) is 4.79 Å². The zero-order valence-electron chi connectivity index (χ0n) is 17.4. The molecule has 1 aliphatic heterocycles. The van der Waals surface area contributed by atoms with Crippen LogP contribution in [0.5, 0.6) is 0 Å². The van der Waals surface area contributed by atoms with Crippen LogP contribution in [0.3, 0.4) is 0 Å². The summed E-state index contributed by atoms with van der Waals surface area (Å²) in [6.45, 7) is 10.2.